The third-order valence-electron chi connectivity index (χ3n) is 2.29. The molecule has 0 aliphatic carbocycles. The topological polar surface area (TPSA) is 44.5 Å². The van der Waals surface area contributed by atoms with Gasteiger partial charge in [-0.2, -0.15) is 0 Å². The van der Waals surface area contributed by atoms with Gasteiger partial charge >= 0.3 is 0 Å². The van der Waals surface area contributed by atoms with Crippen LogP contribution in [0, 0.1) is 0 Å². The second-order valence-corrected chi connectivity index (χ2v) is 3.51. The molecule has 76 valence electrons. The monoisotopic (exact) mass is 193 g/mol. The number of fused-ring (bicyclic) bond motifs is 1. The zero-order valence-corrected chi connectivity index (χ0v) is 8.32. The lowest BCUT2D eigenvalue weighted by Crippen LogP contribution is -2.08. The first kappa shape index (κ1) is 9.34. The maximum absolute atomic E-state index is 5.85. The number of para-hydroxylation sites is 1. The second-order valence-electron chi connectivity index (χ2n) is 3.51. The Balaban J connectivity index is 2.42. The van der Waals surface area contributed by atoms with E-state index in [2.05, 4.69) is 0 Å². The van der Waals surface area contributed by atoms with Gasteiger partial charge in [-0.25, -0.2) is 0 Å². The Hall–Kier alpha value is -1.22. The molecule has 1 atom stereocenters. The van der Waals surface area contributed by atoms with Crippen LogP contribution in [-0.2, 0) is 0 Å². The number of benzene rings is 1. The minimum Gasteiger partial charge on any atom is -0.490 e. The average Bonchev–Trinajstić information content (AvgIpc) is 2.41. The summed E-state index contributed by atoms with van der Waals surface area (Å²) in [6.07, 6.45) is 0.924. The molecule has 0 saturated carbocycles. The highest BCUT2D eigenvalue weighted by Gasteiger charge is 2.15. The van der Waals surface area contributed by atoms with Crippen LogP contribution >= 0.6 is 0 Å². The van der Waals surface area contributed by atoms with Crippen LogP contribution in [0.2, 0.25) is 0 Å². The molecule has 0 amide bonds. The van der Waals surface area contributed by atoms with E-state index in [1.165, 1.54) is 0 Å². The highest BCUT2D eigenvalue weighted by Crippen LogP contribution is 2.35. The van der Waals surface area contributed by atoms with E-state index in [1.807, 2.05) is 25.1 Å². The van der Waals surface area contributed by atoms with Crippen molar-refractivity contribution >= 4 is 0 Å². The molecule has 0 radical (unpaired) electrons. The first-order valence-corrected chi connectivity index (χ1v) is 4.93. The first-order chi connectivity index (χ1) is 6.79. The van der Waals surface area contributed by atoms with E-state index >= 15 is 0 Å². The summed E-state index contributed by atoms with van der Waals surface area (Å²) in [5, 5.41) is 0. The molecule has 1 aromatic rings. The smallest absolute Gasteiger partial charge is 0.165 e. The van der Waals surface area contributed by atoms with Crippen molar-refractivity contribution < 1.29 is 9.47 Å². The summed E-state index contributed by atoms with van der Waals surface area (Å²) in [7, 11) is 0. The predicted octanol–water partition coefficient (Wildman–Crippen LogP) is 1.87. The first-order valence-electron chi connectivity index (χ1n) is 4.93. The summed E-state index contributed by atoms with van der Waals surface area (Å²) in [5.41, 5.74) is 6.87. The van der Waals surface area contributed by atoms with Crippen LogP contribution in [0.3, 0.4) is 0 Å². The fourth-order valence-electron chi connectivity index (χ4n) is 1.57. The van der Waals surface area contributed by atoms with Crippen molar-refractivity contribution in [1.29, 1.82) is 0 Å². The van der Waals surface area contributed by atoms with Gasteiger partial charge in [0, 0.05) is 18.0 Å². The Morgan fingerprint density at radius 2 is 2.07 bits per heavy atom. The number of hydrogen-bond acceptors (Lipinski definition) is 3. The maximum Gasteiger partial charge on any atom is 0.165 e. The molecule has 0 aromatic heterocycles. The van der Waals surface area contributed by atoms with Crippen molar-refractivity contribution in [2.75, 3.05) is 13.2 Å². The summed E-state index contributed by atoms with van der Waals surface area (Å²) in [5.74, 6) is 1.64. The number of rotatable bonds is 1. The van der Waals surface area contributed by atoms with Crippen LogP contribution in [0.5, 0.6) is 11.5 Å². The van der Waals surface area contributed by atoms with Crippen molar-refractivity contribution in [3.63, 3.8) is 0 Å². The summed E-state index contributed by atoms with van der Waals surface area (Å²) in [4.78, 5) is 0. The molecule has 1 aliphatic rings. The van der Waals surface area contributed by atoms with Crippen molar-refractivity contribution in [3.05, 3.63) is 23.8 Å². The molecule has 2 rings (SSSR count). The van der Waals surface area contributed by atoms with E-state index in [-0.39, 0.29) is 6.04 Å². The van der Waals surface area contributed by atoms with Crippen LogP contribution in [0.4, 0.5) is 0 Å². The molecule has 1 heterocycles. The Bertz CT molecular complexity index is 323. The molecule has 3 nitrogen and oxygen atoms in total. The van der Waals surface area contributed by atoms with Gasteiger partial charge in [-0.1, -0.05) is 12.1 Å². The van der Waals surface area contributed by atoms with Crippen LogP contribution < -0.4 is 15.2 Å². The fourth-order valence-corrected chi connectivity index (χ4v) is 1.57. The minimum atomic E-state index is -0.0216. The van der Waals surface area contributed by atoms with Gasteiger partial charge in [-0.3, -0.25) is 0 Å². The van der Waals surface area contributed by atoms with Crippen LogP contribution in [-0.4, -0.2) is 13.2 Å². The van der Waals surface area contributed by atoms with Gasteiger partial charge in [0.25, 0.3) is 0 Å². The highest BCUT2D eigenvalue weighted by molar-refractivity contribution is 5.48. The predicted molar refractivity (Wildman–Crippen MR) is 54.7 cm³/mol. The van der Waals surface area contributed by atoms with E-state index in [4.69, 9.17) is 15.2 Å². The molecular formula is C11H15NO2. The molecule has 2 N–H and O–H groups in total. The third-order valence-corrected chi connectivity index (χ3v) is 2.29. The van der Waals surface area contributed by atoms with Gasteiger partial charge in [-0.05, 0) is 13.0 Å². The summed E-state index contributed by atoms with van der Waals surface area (Å²) in [6.45, 7) is 3.37. The van der Waals surface area contributed by atoms with E-state index in [1.54, 1.807) is 0 Å². The lowest BCUT2D eigenvalue weighted by atomic mass is 10.1. The van der Waals surface area contributed by atoms with Gasteiger partial charge in [0.1, 0.15) is 0 Å². The molecule has 0 fully saturated rings. The van der Waals surface area contributed by atoms with E-state index in [9.17, 15) is 0 Å². The molecule has 0 spiro atoms. The Morgan fingerprint density at radius 3 is 2.86 bits per heavy atom. The van der Waals surface area contributed by atoms with E-state index < -0.39 is 0 Å². The molecule has 1 aliphatic heterocycles. The number of ether oxygens (including phenoxy) is 2. The van der Waals surface area contributed by atoms with Gasteiger partial charge in [0.05, 0.1) is 13.2 Å². The fraction of sp³-hybridized carbons (Fsp3) is 0.455. The SMILES string of the molecule is C[C@@H](N)c1cccc2c1OCCCO2. The van der Waals surface area contributed by atoms with Crippen molar-refractivity contribution in [2.24, 2.45) is 5.73 Å². The van der Waals surface area contributed by atoms with Crippen molar-refractivity contribution in [1.82, 2.24) is 0 Å². The normalized spacial score (nSPS) is 17.3. The van der Waals surface area contributed by atoms with Crippen molar-refractivity contribution in [3.8, 4) is 11.5 Å². The standard InChI is InChI=1S/C11H15NO2/c1-8(12)9-4-2-5-10-11(9)14-7-3-6-13-10/h2,4-5,8H,3,6-7,12H2,1H3/t8-/m1/s1. The van der Waals surface area contributed by atoms with Gasteiger partial charge in [0.2, 0.25) is 0 Å². The molecular weight excluding hydrogens is 178 g/mol. The summed E-state index contributed by atoms with van der Waals surface area (Å²) >= 11 is 0. The van der Waals surface area contributed by atoms with Gasteiger partial charge < -0.3 is 15.2 Å². The molecule has 0 saturated heterocycles. The van der Waals surface area contributed by atoms with Crippen LogP contribution in [0.25, 0.3) is 0 Å². The van der Waals surface area contributed by atoms with E-state index in [0.717, 1.165) is 30.1 Å². The Labute approximate surface area is 83.8 Å². The second kappa shape index (κ2) is 3.88. The molecule has 3 heteroatoms. The number of hydrogen-bond donors (Lipinski definition) is 1. The summed E-state index contributed by atoms with van der Waals surface area (Å²) < 4.78 is 11.2. The third kappa shape index (κ3) is 1.68. The van der Waals surface area contributed by atoms with Crippen LogP contribution in [0.15, 0.2) is 18.2 Å². The molecule has 1 aromatic carbocycles. The van der Waals surface area contributed by atoms with Crippen molar-refractivity contribution in [2.45, 2.75) is 19.4 Å². The zero-order chi connectivity index (χ0) is 9.97. The average molecular weight is 193 g/mol. The highest BCUT2D eigenvalue weighted by atomic mass is 16.5. The lowest BCUT2D eigenvalue weighted by molar-refractivity contribution is 0.295. The van der Waals surface area contributed by atoms with Gasteiger partial charge in [-0.15, -0.1) is 0 Å². The molecule has 0 bridgehead atoms. The quantitative estimate of drug-likeness (QED) is 0.740. The maximum atomic E-state index is 5.85. The Morgan fingerprint density at radius 1 is 1.29 bits per heavy atom. The molecule has 14 heavy (non-hydrogen) atoms. The minimum absolute atomic E-state index is 0.0216. The zero-order valence-electron chi connectivity index (χ0n) is 8.32. The lowest BCUT2D eigenvalue weighted by Gasteiger charge is -2.14. The van der Waals surface area contributed by atoms with E-state index in [0.29, 0.717) is 6.61 Å². The Kier molecular flexibility index (Phi) is 2.59. The number of nitrogens with two attached hydrogens (primary N) is 1. The summed E-state index contributed by atoms with van der Waals surface area (Å²) in [6, 6.07) is 5.84. The van der Waals surface area contributed by atoms with Crippen LogP contribution in [0.1, 0.15) is 24.9 Å². The molecule has 0 unspecified atom stereocenters. The largest absolute Gasteiger partial charge is 0.490 e. The van der Waals surface area contributed by atoms with Gasteiger partial charge in [0.15, 0.2) is 11.5 Å².